The number of morpholine rings is 2. The van der Waals surface area contributed by atoms with Crippen LogP contribution in [0.5, 0.6) is 0 Å². The number of ketones is 1. The van der Waals surface area contributed by atoms with Gasteiger partial charge in [-0.15, -0.1) is 0 Å². The van der Waals surface area contributed by atoms with E-state index < -0.39 is 24.2 Å². The predicted octanol–water partition coefficient (Wildman–Crippen LogP) is 1.53. The SMILES string of the molecule is O=C(NCCN1CCOCC1)C1=CN2C3CC4OC5CCCCC5C4CC3OC3C(NCCC4CCCN4)C(F)CC(C1=O)C32. The molecule has 0 bridgehead atoms. The van der Waals surface area contributed by atoms with Gasteiger partial charge in [-0.25, -0.2) is 4.39 Å². The molecule has 0 aromatic heterocycles. The number of nitrogens with one attached hydrogen (secondary N) is 3. The van der Waals surface area contributed by atoms with E-state index in [4.69, 9.17) is 14.2 Å². The highest BCUT2D eigenvalue weighted by Gasteiger charge is 2.61. The molecular formula is C34H52FN5O5. The normalized spacial score (nSPS) is 44.4. The summed E-state index contributed by atoms with van der Waals surface area (Å²) >= 11 is 0. The number of carbonyl (C=O) groups is 2. The van der Waals surface area contributed by atoms with Gasteiger partial charge in [-0.3, -0.25) is 14.5 Å². The summed E-state index contributed by atoms with van der Waals surface area (Å²) in [6.07, 6.45) is 10.6. The number of alkyl halides is 1. The molecular weight excluding hydrogens is 577 g/mol. The molecule has 8 aliphatic rings. The fourth-order valence-electron chi connectivity index (χ4n) is 10.3. The first-order chi connectivity index (χ1) is 22.0. The van der Waals surface area contributed by atoms with Crippen LogP contribution >= 0.6 is 0 Å². The van der Waals surface area contributed by atoms with Gasteiger partial charge in [0.15, 0.2) is 5.78 Å². The Morgan fingerprint density at radius 2 is 1.84 bits per heavy atom. The van der Waals surface area contributed by atoms with Crippen LogP contribution in [0.25, 0.3) is 0 Å². The molecule has 0 radical (unpaired) electrons. The van der Waals surface area contributed by atoms with E-state index in [1.165, 1.54) is 25.7 Å². The van der Waals surface area contributed by atoms with Crippen LogP contribution in [0.4, 0.5) is 4.39 Å². The van der Waals surface area contributed by atoms with E-state index in [-0.39, 0.29) is 48.0 Å². The summed E-state index contributed by atoms with van der Waals surface area (Å²) in [6.45, 7) is 6.04. The number of halogens is 1. The third kappa shape index (κ3) is 5.88. The Hall–Kier alpha value is -1.63. The van der Waals surface area contributed by atoms with E-state index in [0.717, 1.165) is 58.3 Å². The van der Waals surface area contributed by atoms with Crippen molar-refractivity contribution in [2.45, 2.75) is 119 Å². The fraction of sp³-hybridized carbons (Fsp3) is 0.882. The Labute approximate surface area is 266 Å². The van der Waals surface area contributed by atoms with E-state index in [9.17, 15) is 9.59 Å². The van der Waals surface area contributed by atoms with Gasteiger partial charge in [0.25, 0.3) is 5.91 Å². The number of carbonyl (C=O) groups excluding carboxylic acids is 2. The number of rotatable bonds is 8. The quantitative estimate of drug-likeness (QED) is 0.345. The highest BCUT2D eigenvalue weighted by atomic mass is 19.1. The van der Waals surface area contributed by atoms with Gasteiger partial charge >= 0.3 is 0 Å². The van der Waals surface area contributed by atoms with Crippen molar-refractivity contribution in [2.24, 2.45) is 17.8 Å². The van der Waals surface area contributed by atoms with Gasteiger partial charge in [0.1, 0.15) is 6.17 Å². The number of hydrogen-bond acceptors (Lipinski definition) is 9. The maximum absolute atomic E-state index is 16.2. The molecule has 3 N–H and O–H groups in total. The van der Waals surface area contributed by atoms with E-state index >= 15 is 4.39 Å². The number of fused-ring (bicyclic) bond motifs is 5. The zero-order chi connectivity index (χ0) is 30.5. The minimum atomic E-state index is -1.22. The molecule has 4 saturated heterocycles. The zero-order valence-corrected chi connectivity index (χ0v) is 26.5. The zero-order valence-electron chi connectivity index (χ0n) is 26.5. The molecule has 10 nitrogen and oxygen atoms in total. The monoisotopic (exact) mass is 629 g/mol. The van der Waals surface area contributed by atoms with E-state index in [2.05, 4.69) is 25.8 Å². The van der Waals surface area contributed by atoms with Crippen molar-refractivity contribution in [1.82, 2.24) is 25.8 Å². The maximum atomic E-state index is 16.2. The highest BCUT2D eigenvalue weighted by molar-refractivity contribution is 6.20. The lowest BCUT2D eigenvalue weighted by atomic mass is 9.67. The number of amides is 1. The fourth-order valence-corrected chi connectivity index (χ4v) is 10.3. The second-order valence-corrected chi connectivity index (χ2v) is 15.0. The molecule has 0 aromatic rings. The molecule has 3 saturated carbocycles. The molecule has 11 heteroatoms. The predicted molar refractivity (Wildman–Crippen MR) is 165 cm³/mol. The Morgan fingerprint density at radius 3 is 2.69 bits per heavy atom. The third-order valence-electron chi connectivity index (χ3n) is 12.5. The second kappa shape index (κ2) is 13.1. The average molecular weight is 630 g/mol. The summed E-state index contributed by atoms with van der Waals surface area (Å²) < 4.78 is 35.3. The summed E-state index contributed by atoms with van der Waals surface area (Å²) in [5, 5.41) is 10.1. The van der Waals surface area contributed by atoms with Crippen LogP contribution in [-0.2, 0) is 23.8 Å². The third-order valence-corrected chi connectivity index (χ3v) is 12.5. The van der Waals surface area contributed by atoms with Gasteiger partial charge < -0.3 is 35.1 Å². The number of Topliss-reactive ketones (excluding diaryl/α,β-unsaturated/α-hetero) is 1. The van der Waals surface area contributed by atoms with Gasteiger partial charge in [-0.2, -0.15) is 0 Å². The smallest absolute Gasteiger partial charge is 0.256 e. The number of ether oxygens (including phenoxy) is 3. The largest absolute Gasteiger partial charge is 0.379 e. The van der Waals surface area contributed by atoms with Crippen LogP contribution < -0.4 is 16.0 Å². The average Bonchev–Trinajstić information content (AvgIpc) is 3.70. The Kier molecular flexibility index (Phi) is 8.94. The molecule has 1 amide bonds. The summed E-state index contributed by atoms with van der Waals surface area (Å²) in [6, 6.07) is -0.261. The first-order valence-electron chi connectivity index (χ1n) is 18.1. The van der Waals surface area contributed by atoms with E-state index in [1.807, 2.05) is 6.20 Å². The second-order valence-electron chi connectivity index (χ2n) is 15.0. The molecule has 5 heterocycles. The van der Waals surface area contributed by atoms with Gasteiger partial charge in [0.05, 0.1) is 61.3 Å². The molecule has 7 fully saturated rings. The molecule has 5 aliphatic heterocycles. The standard InChI is InChI=1S/C34H52FN5O5/c35-25-16-23-31-33(30(25)37-9-7-20-4-3-8-36-20)45-29-17-22-21-5-1-2-6-27(21)44-28(22)18-26(29)40(31)19-24(32(23)41)34(42)38-10-11-39-12-14-43-15-13-39/h19-23,25-31,33,36-37H,1-18H2,(H,38,42). The van der Waals surface area contributed by atoms with Crippen molar-refractivity contribution in [1.29, 1.82) is 0 Å². The topological polar surface area (TPSA) is 104 Å². The van der Waals surface area contributed by atoms with Gasteiger partial charge in [-0.05, 0) is 76.3 Å². The maximum Gasteiger partial charge on any atom is 0.256 e. The first-order valence-corrected chi connectivity index (χ1v) is 18.1. The molecule has 3 aliphatic carbocycles. The lowest BCUT2D eigenvalue weighted by Gasteiger charge is -2.60. The van der Waals surface area contributed by atoms with Crippen molar-refractivity contribution >= 4 is 11.7 Å². The Morgan fingerprint density at radius 1 is 0.978 bits per heavy atom. The molecule has 0 aromatic carbocycles. The highest BCUT2D eigenvalue weighted by Crippen LogP contribution is 2.52. The van der Waals surface area contributed by atoms with Crippen LogP contribution in [-0.4, -0.2) is 129 Å². The lowest BCUT2D eigenvalue weighted by Crippen LogP contribution is -2.73. The van der Waals surface area contributed by atoms with Crippen molar-refractivity contribution in [3.63, 3.8) is 0 Å². The Bertz CT molecular complexity index is 1130. The first kappa shape index (κ1) is 30.7. The molecule has 12 unspecified atom stereocenters. The summed E-state index contributed by atoms with van der Waals surface area (Å²) in [5.41, 5.74) is 0.173. The van der Waals surface area contributed by atoms with Crippen molar-refractivity contribution in [3.05, 3.63) is 11.8 Å². The molecule has 250 valence electrons. The molecule has 12 atom stereocenters. The van der Waals surface area contributed by atoms with Crippen LogP contribution in [0, 0.1) is 17.8 Å². The molecule has 45 heavy (non-hydrogen) atoms. The van der Waals surface area contributed by atoms with Crippen molar-refractivity contribution in [3.8, 4) is 0 Å². The number of hydrogen-bond donors (Lipinski definition) is 3. The van der Waals surface area contributed by atoms with E-state index in [1.54, 1.807) is 0 Å². The van der Waals surface area contributed by atoms with Crippen molar-refractivity contribution in [2.75, 3.05) is 52.5 Å². The van der Waals surface area contributed by atoms with Crippen LogP contribution in [0.3, 0.4) is 0 Å². The minimum Gasteiger partial charge on any atom is -0.379 e. The van der Waals surface area contributed by atoms with Crippen molar-refractivity contribution < 1.29 is 28.2 Å². The molecule has 0 spiro atoms. The summed E-state index contributed by atoms with van der Waals surface area (Å²) in [7, 11) is 0. The number of nitrogens with zero attached hydrogens (tertiary/aromatic N) is 2. The van der Waals surface area contributed by atoms with Gasteiger partial charge in [-0.1, -0.05) is 12.8 Å². The van der Waals surface area contributed by atoms with Crippen LogP contribution in [0.1, 0.15) is 64.2 Å². The van der Waals surface area contributed by atoms with Crippen LogP contribution in [0.15, 0.2) is 11.8 Å². The Balaban J connectivity index is 1.04. The van der Waals surface area contributed by atoms with E-state index in [0.29, 0.717) is 50.3 Å². The van der Waals surface area contributed by atoms with Crippen LogP contribution in [0.2, 0.25) is 0 Å². The minimum absolute atomic E-state index is 0.0129. The lowest BCUT2D eigenvalue weighted by molar-refractivity contribution is -0.209. The summed E-state index contributed by atoms with van der Waals surface area (Å²) in [5.74, 6) is -0.136. The van der Waals surface area contributed by atoms with Gasteiger partial charge in [0.2, 0.25) is 0 Å². The summed E-state index contributed by atoms with van der Waals surface area (Å²) in [4.78, 5) is 32.1. The van der Waals surface area contributed by atoms with Gasteiger partial charge in [0, 0.05) is 44.3 Å². The molecule has 8 rings (SSSR count).